The van der Waals surface area contributed by atoms with Gasteiger partial charge >= 0.3 is 0 Å². The number of methoxy groups -OCH3 is 2. The van der Waals surface area contributed by atoms with Crippen LogP contribution >= 0.6 is 0 Å². The van der Waals surface area contributed by atoms with Crippen LogP contribution in [-0.2, 0) is 10.8 Å². The molecular weight excluding hydrogens is 376 g/mol. The summed E-state index contributed by atoms with van der Waals surface area (Å²) in [6.07, 6.45) is 1.85. The van der Waals surface area contributed by atoms with E-state index in [0.29, 0.717) is 11.5 Å². The zero-order valence-electron chi connectivity index (χ0n) is 20.0. The Morgan fingerprint density at radius 3 is 1.37 bits per heavy atom. The Balaban J connectivity index is 2.83. The van der Waals surface area contributed by atoms with Crippen molar-refractivity contribution in [3.63, 3.8) is 0 Å². The third-order valence-corrected chi connectivity index (χ3v) is 5.64. The number of phenolic OH excluding ortho intramolecular Hbond substituents is 2. The van der Waals surface area contributed by atoms with Crippen LogP contribution in [0.2, 0.25) is 0 Å². The number of hydrogen-bond donors (Lipinski definition) is 2. The lowest BCUT2D eigenvalue weighted by molar-refractivity contribution is 0.386. The van der Waals surface area contributed by atoms with Crippen molar-refractivity contribution < 1.29 is 19.7 Å². The molecular formula is C26H38O4. The van der Waals surface area contributed by atoms with Crippen LogP contribution in [0.25, 0.3) is 0 Å². The molecule has 30 heavy (non-hydrogen) atoms. The van der Waals surface area contributed by atoms with E-state index >= 15 is 0 Å². The van der Waals surface area contributed by atoms with Gasteiger partial charge in [0.05, 0.1) is 14.2 Å². The van der Waals surface area contributed by atoms with Crippen LogP contribution in [0.4, 0.5) is 0 Å². The van der Waals surface area contributed by atoms with Crippen molar-refractivity contribution in [3.05, 3.63) is 46.5 Å². The van der Waals surface area contributed by atoms with Gasteiger partial charge in [-0.05, 0) is 40.5 Å². The molecule has 0 aliphatic carbocycles. The molecule has 0 aliphatic heterocycles. The maximum absolute atomic E-state index is 10.6. The molecule has 0 amide bonds. The fourth-order valence-corrected chi connectivity index (χ4v) is 4.04. The van der Waals surface area contributed by atoms with Gasteiger partial charge in [0.1, 0.15) is 23.0 Å². The summed E-state index contributed by atoms with van der Waals surface area (Å²) in [5, 5.41) is 21.2. The van der Waals surface area contributed by atoms with E-state index in [0.717, 1.165) is 35.1 Å². The van der Waals surface area contributed by atoms with Gasteiger partial charge < -0.3 is 19.7 Å². The summed E-state index contributed by atoms with van der Waals surface area (Å²) in [4.78, 5) is 0. The predicted octanol–water partition coefficient (Wildman–Crippen LogP) is 6.64. The summed E-state index contributed by atoms with van der Waals surface area (Å²) in [6.45, 7) is 14.7. The molecule has 2 N–H and O–H groups in total. The quantitative estimate of drug-likeness (QED) is 0.556. The number of rotatable bonds is 6. The first-order valence-electron chi connectivity index (χ1n) is 10.7. The maximum Gasteiger partial charge on any atom is 0.126 e. The number of phenols is 2. The summed E-state index contributed by atoms with van der Waals surface area (Å²) in [7, 11) is 3.26. The largest absolute Gasteiger partial charge is 0.508 e. The topological polar surface area (TPSA) is 58.9 Å². The lowest BCUT2D eigenvalue weighted by atomic mass is 9.78. The number of ether oxygens (including phenoxy) is 2. The van der Waals surface area contributed by atoms with Crippen molar-refractivity contribution in [2.45, 2.75) is 78.1 Å². The molecule has 4 nitrogen and oxygen atoms in total. The van der Waals surface area contributed by atoms with Crippen molar-refractivity contribution in [2.75, 3.05) is 14.2 Å². The van der Waals surface area contributed by atoms with E-state index in [1.54, 1.807) is 26.4 Å². The van der Waals surface area contributed by atoms with Gasteiger partial charge in [0.25, 0.3) is 0 Å². The second-order valence-electron chi connectivity index (χ2n) is 10.1. The van der Waals surface area contributed by atoms with Crippen molar-refractivity contribution in [3.8, 4) is 23.0 Å². The van der Waals surface area contributed by atoms with Gasteiger partial charge in [-0.1, -0.05) is 54.9 Å². The van der Waals surface area contributed by atoms with Crippen molar-refractivity contribution in [2.24, 2.45) is 0 Å². The molecule has 2 aromatic carbocycles. The summed E-state index contributed by atoms with van der Waals surface area (Å²) >= 11 is 0. The lowest BCUT2D eigenvalue weighted by Crippen LogP contribution is -2.15. The van der Waals surface area contributed by atoms with Crippen molar-refractivity contribution in [1.82, 2.24) is 0 Å². The minimum atomic E-state index is -0.211. The van der Waals surface area contributed by atoms with E-state index in [1.165, 1.54) is 0 Å². The second kappa shape index (κ2) is 8.79. The fraction of sp³-hybridized carbons (Fsp3) is 0.538. The third-order valence-electron chi connectivity index (χ3n) is 5.64. The highest BCUT2D eigenvalue weighted by Crippen LogP contribution is 2.46. The number of hydrogen-bond acceptors (Lipinski definition) is 4. The summed E-state index contributed by atoms with van der Waals surface area (Å²) < 4.78 is 11.4. The summed E-state index contributed by atoms with van der Waals surface area (Å²) in [5.41, 5.74) is 3.38. The van der Waals surface area contributed by atoms with Gasteiger partial charge in [-0.25, -0.2) is 0 Å². The molecule has 0 unspecified atom stereocenters. The Hall–Kier alpha value is -2.36. The summed E-state index contributed by atoms with van der Waals surface area (Å²) in [6, 6.07) is 7.57. The monoisotopic (exact) mass is 414 g/mol. The molecule has 0 saturated heterocycles. The molecule has 0 fully saturated rings. The smallest absolute Gasteiger partial charge is 0.126 e. The molecule has 0 aromatic heterocycles. The van der Waals surface area contributed by atoms with Crippen molar-refractivity contribution in [1.29, 1.82) is 0 Å². The first-order valence-corrected chi connectivity index (χ1v) is 10.7. The lowest BCUT2D eigenvalue weighted by Gasteiger charge is -2.28. The Morgan fingerprint density at radius 1 is 0.733 bits per heavy atom. The molecule has 0 heterocycles. The van der Waals surface area contributed by atoms with E-state index < -0.39 is 0 Å². The Bertz CT molecular complexity index is 814. The third kappa shape index (κ3) is 4.85. The molecule has 2 rings (SSSR count). The highest BCUT2D eigenvalue weighted by Gasteiger charge is 2.29. The Morgan fingerprint density at radius 2 is 1.10 bits per heavy atom. The molecule has 0 bridgehead atoms. The number of benzene rings is 2. The van der Waals surface area contributed by atoms with Gasteiger partial charge in [-0.3, -0.25) is 0 Å². The van der Waals surface area contributed by atoms with Gasteiger partial charge in [-0.2, -0.15) is 0 Å². The van der Waals surface area contributed by atoms with E-state index in [1.807, 2.05) is 0 Å². The molecule has 166 valence electrons. The van der Waals surface area contributed by atoms with Gasteiger partial charge in [-0.15, -0.1) is 0 Å². The van der Waals surface area contributed by atoms with Crippen LogP contribution < -0.4 is 9.47 Å². The van der Waals surface area contributed by atoms with Crippen LogP contribution in [0.15, 0.2) is 24.3 Å². The van der Waals surface area contributed by atoms with Gasteiger partial charge in [0.15, 0.2) is 0 Å². The number of aromatic hydroxyl groups is 2. The summed E-state index contributed by atoms with van der Waals surface area (Å²) in [5.74, 6) is 1.80. The van der Waals surface area contributed by atoms with Gasteiger partial charge in [0, 0.05) is 29.2 Å². The molecule has 0 spiro atoms. The molecule has 4 heteroatoms. The average Bonchev–Trinajstić information content (AvgIpc) is 2.64. The van der Waals surface area contributed by atoms with Crippen molar-refractivity contribution >= 4 is 0 Å². The molecule has 0 aliphatic rings. The van der Waals surface area contributed by atoms with Crippen LogP contribution in [0.3, 0.4) is 0 Å². The highest BCUT2D eigenvalue weighted by atomic mass is 16.5. The van der Waals surface area contributed by atoms with Crippen LogP contribution in [0, 0.1) is 0 Å². The first kappa shape index (κ1) is 23.9. The van der Waals surface area contributed by atoms with E-state index in [9.17, 15) is 10.2 Å². The minimum absolute atomic E-state index is 0.00306. The molecule has 2 aromatic rings. The minimum Gasteiger partial charge on any atom is -0.508 e. The molecule has 0 atom stereocenters. The molecule has 0 radical (unpaired) electrons. The Labute approximate surface area is 181 Å². The van der Waals surface area contributed by atoms with E-state index in [4.69, 9.17) is 9.47 Å². The first-order chi connectivity index (χ1) is 13.8. The van der Waals surface area contributed by atoms with E-state index in [2.05, 4.69) is 60.6 Å². The zero-order chi connectivity index (χ0) is 22.9. The normalized spacial score (nSPS) is 12.3. The standard InChI is InChI=1S/C26H38O4/c1-10-11-16(17-12-19(25(2,3)4)21(27)14-23(17)29-8)18-13-20(26(5,6)7)22(28)15-24(18)30-9/h12-16,27-28H,10-11H2,1-9H3. The van der Waals surface area contributed by atoms with Crippen LogP contribution in [-0.4, -0.2) is 24.4 Å². The van der Waals surface area contributed by atoms with Crippen LogP contribution in [0.5, 0.6) is 23.0 Å². The van der Waals surface area contributed by atoms with Crippen LogP contribution in [0.1, 0.15) is 89.5 Å². The molecule has 0 saturated carbocycles. The fourth-order valence-electron chi connectivity index (χ4n) is 4.04. The average molecular weight is 415 g/mol. The van der Waals surface area contributed by atoms with E-state index in [-0.39, 0.29) is 28.2 Å². The highest BCUT2D eigenvalue weighted by molar-refractivity contribution is 5.57. The van der Waals surface area contributed by atoms with Gasteiger partial charge in [0.2, 0.25) is 0 Å². The zero-order valence-corrected chi connectivity index (χ0v) is 20.0. The SMILES string of the molecule is CCCC(c1cc(C(C)(C)C)c(O)cc1OC)c1cc(C(C)(C)C)c(O)cc1OC. The predicted molar refractivity (Wildman–Crippen MR) is 123 cm³/mol. The Kier molecular flexibility index (Phi) is 7.01. The maximum atomic E-state index is 10.6. The second-order valence-corrected chi connectivity index (χ2v) is 10.1.